The fourth-order valence-corrected chi connectivity index (χ4v) is 7.01. The Hall–Kier alpha value is -0.183. The Morgan fingerprint density at radius 1 is 0.591 bits per heavy atom. The molecule has 22 heavy (non-hydrogen) atoms. The van der Waals surface area contributed by atoms with E-state index in [1.54, 1.807) is 38.7 Å². The summed E-state index contributed by atoms with van der Waals surface area (Å²) in [5, 5.41) is 5.78. The molecule has 0 aliphatic rings. The van der Waals surface area contributed by atoms with Crippen LogP contribution in [-0.4, -0.2) is 0 Å². The second-order valence-electron chi connectivity index (χ2n) is 8.30. The summed E-state index contributed by atoms with van der Waals surface area (Å²) in [6.07, 6.45) is 0. The van der Waals surface area contributed by atoms with Crippen LogP contribution < -0.4 is 0 Å². The van der Waals surface area contributed by atoms with Crippen molar-refractivity contribution in [2.24, 2.45) is 0 Å². The molecule has 0 heterocycles. The van der Waals surface area contributed by atoms with Crippen molar-refractivity contribution in [2.75, 3.05) is 0 Å². The van der Waals surface area contributed by atoms with Crippen molar-refractivity contribution in [3.63, 3.8) is 0 Å². The van der Waals surface area contributed by atoms with Gasteiger partial charge in [-0.15, -0.1) is 0 Å². The average molecular weight is 630 g/mol. The second-order valence-corrected chi connectivity index (χ2v) is 11.2. The maximum absolute atomic E-state index is 2.43. The van der Waals surface area contributed by atoms with Gasteiger partial charge in [0.25, 0.3) is 0 Å². The summed E-state index contributed by atoms with van der Waals surface area (Å²) in [6.45, 7) is 13.9. The molecule has 0 aliphatic heterocycles. The Bertz CT molecular complexity index is 887. The molecule has 0 fully saturated rings. The van der Waals surface area contributed by atoms with E-state index in [1.807, 2.05) is 0 Å². The first kappa shape index (κ1) is 16.7. The van der Waals surface area contributed by atoms with E-state index in [9.17, 15) is 0 Å². The van der Waals surface area contributed by atoms with Crippen molar-refractivity contribution in [1.29, 1.82) is 0 Å². The first-order valence-corrected chi connectivity index (χ1v) is 10.7. The Morgan fingerprint density at radius 2 is 0.909 bits per heavy atom. The summed E-state index contributed by atoms with van der Waals surface area (Å²) in [7, 11) is 0. The fourth-order valence-electron chi connectivity index (χ4n) is 3.11. The summed E-state index contributed by atoms with van der Waals surface area (Å²) in [4.78, 5) is 0. The monoisotopic (exact) mass is 630 g/mol. The molecular weight excluding hydrogens is 608 g/mol. The molecule has 0 aliphatic carbocycles. The zero-order valence-corrected chi connectivity index (χ0v) is 20.0. The Morgan fingerprint density at radius 3 is 1.18 bits per heavy atom. The van der Waals surface area contributed by atoms with E-state index in [0.717, 1.165) is 0 Å². The van der Waals surface area contributed by atoms with Crippen LogP contribution in [0.5, 0.6) is 0 Å². The standard InChI is InChI=1S/C20H22.2W/c1-19(2,3)17-9-13-7-15-11-18(20(4,5)6)12-16(15)8-14(13)10-17;;/h7-9,12H,1-6H3;;. The number of benzene rings is 1. The molecule has 2 heteroatoms. The molecule has 0 N–H and O–H groups in total. The Balaban J connectivity index is 2.39. The molecule has 0 saturated heterocycles. The molecule has 0 spiro atoms. The van der Waals surface area contributed by atoms with Gasteiger partial charge in [-0.2, -0.15) is 0 Å². The molecule has 0 amide bonds. The topological polar surface area (TPSA) is 0 Å². The van der Waals surface area contributed by atoms with Gasteiger partial charge in [0.2, 0.25) is 0 Å². The summed E-state index contributed by atoms with van der Waals surface area (Å²) < 4.78 is 3.07. The predicted octanol–water partition coefficient (Wildman–Crippen LogP) is 5.62. The van der Waals surface area contributed by atoms with Crippen LogP contribution >= 0.6 is 0 Å². The van der Waals surface area contributed by atoms with Gasteiger partial charge in [0.1, 0.15) is 0 Å². The SMILES string of the molecule is CC(C)(C)c1cc2cc3[c](=[W])c(C(C)(C)C)cc3cc2[c]1=[W]. The van der Waals surface area contributed by atoms with Crippen LogP contribution in [0.1, 0.15) is 52.7 Å². The zero-order valence-electron chi connectivity index (χ0n) is 14.1. The van der Waals surface area contributed by atoms with E-state index in [-0.39, 0.29) is 10.8 Å². The van der Waals surface area contributed by atoms with Gasteiger partial charge in [-0.3, -0.25) is 0 Å². The number of hydrogen-bond donors (Lipinski definition) is 0. The molecule has 114 valence electrons. The molecule has 3 rings (SSSR count). The van der Waals surface area contributed by atoms with Crippen LogP contribution in [-0.2, 0) is 49.5 Å². The molecule has 0 nitrogen and oxygen atoms in total. The fraction of sp³-hybridized carbons (Fsp3) is 0.400. The van der Waals surface area contributed by atoms with Gasteiger partial charge in [0, 0.05) is 0 Å². The molecular formula is C20H22W2. The van der Waals surface area contributed by atoms with Gasteiger partial charge in [0.05, 0.1) is 0 Å². The minimum atomic E-state index is 0.233. The van der Waals surface area contributed by atoms with Crippen LogP contribution in [0.3, 0.4) is 0 Å². The van der Waals surface area contributed by atoms with E-state index >= 15 is 0 Å². The van der Waals surface area contributed by atoms with Gasteiger partial charge in [-0.05, 0) is 0 Å². The third-order valence-corrected chi connectivity index (χ3v) is 7.58. The van der Waals surface area contributed by atoms with Crippen molar-refractivity contribution in [3.8, 4) is 0 Å². The first-order valence-electron chi connectivity index (χ1n) is 7.72. The second kappa shape index (κ2) is 5.16. The van der Waals surface area contributed by atoms with Crippen molar-refractivity contribution >= 4 is 21.5 Å². The average Bonchev–Trinajstić information content (AvgIpc) is 2.86. The normalized spacial score (nSPS) is 13.4. The Kier molecular flexibility index (Phi) is 3.91. The van der Waals surface area contributed by atoms with Crippen molar-refractivity contribution in [3.05, 3.63) is 42.5 Å². The van der Waals surface area contributed by atoms with E-state index in [1.165, 1.54) is 39.8 Å². The minimum absolute atomic E-state index is 0.233. The number of fused-ring (bicyclic) bond motifs is 2. The molecule has 0 atom stereocenters. The van der Waals surface area contributed by atoms with Crippen molar-refractivity contribution in [2.45, 2.75) is 52.4 Å². The molecule has 0 saturated carbocycles. The predicted molar refractivity (Wildman–Crippen MR) is 87.7 cm³/mol. The summed E-state index contributed by atoms with van der Waals surface area (Å²) in [6, 6.07) is 9.72. The number of rotatable bonds is 0. The van der Waals surface area contributed by atoms with Crippen LogP contribution in [0, 0.1) is 7.09 Å². The van der Waals surface area contributed by atoms with Gasteiger partial charge < -0.3 is 0 Å². The van der Waals surface area contributed by atoms with Crippen LogP contribution in [0.4, 0.5) is 0 Å². The zero-order chi connectivity index (χ0) is 16.4. The van der Waals surface area contributed by atoms with Crippen molar-refractivity contribution in [1.82, 2.24) is 0 Å². The summed E-state index contributed by atoms with van der Waals surface area (Å²) >= 11 is 3.17. The van der Waals surface area contributed by atoms with Gasteiger partial charge in [0.15, 0.2) is 0 Å². The number of hydrogen-bond acceptors (Lipinski definition) is 0. The molecule has 0 bridgehead atoms. The summed E-state index contributed by atoms with van der Waals surface area (Å²) in [5.74, 6) is 0. The van der Waals surface area contributed by atoms with Crippen molar-refractivity contribution < 1.29 is 38.7 Å². The van der Waals surface area contributed by atoms with E-state index < -0.39 is 0 Å². The van der Waals surface area contributed by atoms with E-state index in [0.29, 0.717) is 0 Å². The maximum atomic E-state index is 2.43. The quantitative estimate of drug-likeness (QED) is 0.303. The van der Waals surface area contributed by atoms with E-state index in [4.69, 9.17) is 0 Å². The third kappa shape index (κ3) is 2.61. The first-order chi connectivity index (χ1) is 10.00. The van der Waals surface area contributed by atoms with E-state index in [2.05, 4.69) is 65.8 Å². The van der Waals surface area contributed by atoms with Crippen LogP contribution in [0.15, 0.2) is 24.3 Å². The van der Waals surface area contributed by atoms with Crippen LogP contribution in [0.25, 0.3) is 21.5 Å². The molecule has 3 aromatic rings. The Labute approximate surface area is 154 Å². The summed E-state index contributed by atoms with van der Waals surface area (Å²) in [5.41, 5.74) is 3.51. The molecule has 0 radical (unpaired) electrons. The third-order valence-electron chi connectivity index (χ3n) is 4.42. The van der Waals surface area contributed by atoms with Crippen LogP contribution in [0.2, 0.25) is 0 Å². The molecule has 3 aromatic carbocycles. The molecule has 0 unspecified atom stereocenters. The van der Waals surface area contributed by atoms with Gasteiger partial charge >= 0.3 is 155 Å². The van der Waals surface area contributed by atoms with Gasteiger partial charge in [-0.1, -0.05) is 0 Å². The van der Waals surface area contributed by atoms with Gasteiger partial charge in [-0.25, -0.2) is 0 Å². The molecule has 0 aromatic heterocycles.